The van der Waals surface area contributed by atoms with Gasteiger partial charge in [-0.3, -0.25) is 9.98 Å². The fourth-order valence-corrected chi connectivity index (χ4v) is 3.81. The van der Waals surface area contributed by atoms with Crippen LogP contribution in [-0.2, 0) is 0 Å². The van der Waals surface area contributed by atoms with Gasteiger partial charge < -0.3 is 22.1 Å². The number of nitrogens with two attached hydrogens (primary N) is 2. The van der Waals surface area contributed by atoms with Crippen molar-refractivity contribution in [3.05, 3.63) is 71.4 Å². The minimum atomic E-state index is 0.0206. The molecule has 0 aromatic heterocycles. The van der Waals surface area contributed by atoms with E-state index in [2.05, 4.69) is 22.8 Å². The first-order valence-corrected chi connectivity index (χ1v) is 9.30. The molecule has 2 heterocycles. The first-order chi connectivity index (χ1) is 12.2. The third-order valence-electron chi connectivity index (χ3n) is 4.25. The van der Waals surface area contributed by atoms with Crippen LogP contribution in [0.2, 0.25) is 0 Å². The van der Waals surface area contributed by atoms with E-state index >= 15 is 0 Å². The lowest BCUT2D eigenvalue weighted by molar-refractivity contribution is 0.857. The fourth-order valence-electron chi connectivity index (χ4n) is 3.03. The largest absolute Gasteiger partial charge is 0.385 e. The molecule has 2 aliphatic carbocycles. The highest BCUT2D eigenvalue weighted by Gasteiger charge is 2.22. The second kappa shape index (κ2) is 6.68. The molecule has 0 spiro atoms. The third kappa shape index (κ3) is 3.28. The van der Waals surface area contributed by atoms with Gasteiger partial charge in [-0.2, -0.15) is 0 Å². The van der Waals surface area contributed by atoms with Crippen molar-refractivity contribution in [1.29, 1.82) is 0 Å². The molecule has 2 atom stereocenters. The maximum atomic E-state index is 6.11. The number of thioether (sulfide) groups is 1. The molecule has 0 saturated carbocycles. The number of hydrogen-bond donors (Lipinski definition) is 4. The van der Waals surface area contributed by atoms with Gasteiger partial charge in [-0.25, -0.2) is 0 Å². The van der Waals surface area contributed by atoms with Crippen LogP contribution in [0.5, 0.6) is 0 Å². The van der Waals surface area contributed by atoms with Gasteiger partial charge in [0.25, 0.3) is 0 Å². The van der Waals surface area contributed by atoms with E-state index in [9.17, 15) is 0 Å². The average molecular weight is 352 g/mol. The molecular formula is C18H20N6S. The van der Waals surface area contributed by atoms with Crippen LogP contribution >= 0.6 is 11.8 Å². The highest BCUT2D eigenvalue weighted by molar-refractivity contribution is 8.00. The SMILES string of the molecule is NC1=C2C=CC=CC2N=C(CSCC2=NC3C=CC=CC3=C(N)N2)N1. The van der Waals surface area contributed by atoms with Crippen molar-refractivity contribution in [3.63, 3.8) is 0 Å². The van der Waals surface area contributed by atoms with Crippen LogP contribution in [0.15, 0.2) is 81.4 Å². The van der Waals surface area contributed by atoms with E-state index in [1.807, 2.05) is 36.5 Å². The van der Waals surface area contributed by atoms with Gasteiger partial charge in [0, 0.05) is 11.1 Å². The molecular weight excluding hydrogens is 332 g/mol. The van der Waals surface area contributed by atoms with Crippen molar-refractivity contribution in [2.45, 2.75) is 12.1 Å². The zero-order valence-corrected chi connectivity index (χ0v) is 14.5. The van der Waals surface area contributed by atoms with Crippen LogP contribution in [0.25, 0.3) is 0 Å². The summed E-state index contributed by atoms with van der Waals surface area (Å²) in [5.74, 6) is 4.61. The number of hydrogen-bond acceptors (Lipinski definition) is 7. The van der Waals surface area contributed by atoms with E-state index in [4.69, 9.17) is 21.5 Å². The number of nitrogens with zero attached hydrogens (tertiary/aromatic N) is 2. The minimum absolute atomic E-state index is 0.0206. The maximum Gasteiger partial charge on any atom is 0.113 e. The average Bonchev–Trinajstić information content (AvgIpc) is 2.62. The summed E-state index contributed by atoms with van der Waals surface area (Å²) in [5.41, 5.74) is 14.3. The maximum absolute atomic E-state index is 6.11. The van der Waals surface area contributed by atoms with E-state index in [1.54, 1.807) is 11.8 Å². The zero-order chi connectivity index (χ0) is 17.2. The normalized spacial score (nSPS) is 26.6. The van der Waals surface area contributed by atoms with Gasteiger partial charge in [-0.05, 0) is 0 Å². The van der Waals surface area contributed by atoms with Gasteiger partial charge in [0.1, 0.15) is 23.3 Å². The lowest BCUT2D eigenvalue weighted by atomic mass is 10.0. The molecule has 4 aliphatic rings. The van der Waals surface area contributed by atoms with Gasteiger partial charge in [0.2, 0.25) is 0 Å². The van der Waals surface area contributed by atoms with Crippen LogP contribution in [0, 0.1) is 0 Å². The Morgan fingerprint density at radius 1 is 0.800 bits per heavy atom. The van der Waals surface area contributed by atoms with Crippen molar-refractivity contribution in [2.24, 2.45) is 21.5 Å². The Morgan fingerprint density at radius 3 is 1.76 bits per heavy atom. The molecule has 0 fully saturated rings. The fraction of sp³-hybridized carbons (Fsp3) is 0.222. The van der Waals surface area contributed by atoms with Crippen LogP contribution in [-0.4, -0.2) is 35.3 Å². The van der Waals surface area contributed by atoms with Crippen molar-refractivity contribution in [2.75, 3.05) is 11.5 Å². The molecule has 128 valence electrons. The second-order valence-electron chi connectivity index (χ2n) is 6.01. The molecule has 2 unspecified atom stereocenters. The van der Waals surface area contributed by atoms with Crippen LogP contribution in [0.3, 0.4) is 0 Å². The van der Waals surface area contributed by atoms with Crippen molar-refractivity contribution in [3.8, 4) is 0 Å². The highest BCUT2D eigenvalue weighted by Crippen LogP contribution is 2.22. The van der Waals surface area contributed by atoms with Crippen LogP contribution < -0.4 is 22.1 Å². The van der Waals surface area contributed by atoms with Crippen molar-refractivity contribution < 1.29 is 0 Å². The highest BCUT2D eigenvalue weighted by atomic mass is 32.2. The lowest BCUT2D eigenvalue weighted by Crippen LogP contribution is -2.39. The number of amidine groups is 2. The number of nitrogens with one attached hydrogen (secondary N) is 2. The van der Waals surface area contributed by atoms with Crippen LogP contribution in [0.1, 0.15) is 0 Å². The standard InChI is InChI=1S/C18H20N6S/c19-17-11-5-1-3-7-13(11)21-15(23-17)9-25-10-16-22-14-8-4-2-6-12(14)18(20)24-16/h1-8,13-14H,9-10,19-20H2,(H,21,23)(H,22,24). The molecule has 0 saturated heterocycles. The van der Waals surface area contributed by atoms with Gasteiger partial charge in [-0.1, -0.05) is 48.6 Å². The Kier molecular flexibility index (Phi) is 4.23. The predicted octanol–water partition coefficient (Wildman–Crippen LogP) is 1.05. The predicted molar refractivity (Wildman–Crippen MR) is 105 cm³/mol. The summed E-state index contributed by atoms with van der Waals surface area (Å²) in [6, 6.07) is 0.0413. The Balaban J connectivity index is 1.35. The molecule has 2 aliphatic heterocycles. The lowest BCUT2D eigenvalue weighted by Gasteiger charge is -2.25. The van der Waals surface area contributed by atoms with Gasteiger partial charge in [0.05, 0.1) is 23.6 Å². The quantitative estimate of drug-likeness (QED) is 0.606. The summed E-state index contributed by atoms with van der Waals surface area (Å²) in [4.78, 5) is 9.42. The summed E-state index contributed by atoms with van der Waals surface area (Å²) >= 11 is 1.72. The first kappa shape index (κ1) is 15.8. The van der Waals surface area contributed by atoms with Gasteiger partial charge in [-0.15, -0.1) is 11.8 Å². The Bertz CT molecular complexity index is 757. The van der Waals surface area contributed by atoms with E-state index in [0.717, 1.165) is 34.3 Å². The zero-order valence-electron chi connectivity index (χ0n) is 13.6. The number of rotatable bonds is 4. The number of aliphatic imine (C=N–C) groups is 2. The van der Waals surface area contributed by atoms with Gasteiger partial charge in [0.15, 0.2) is 0 Å². The Hall–Kier alpha value is -2.67. The monoisotopic (exact) mass is 352 g/mol. The molecule has 0 radical (unpaired) electrons. The molecule has 6 N–H and O–H groups in total. The van der Waals surface area contributed by atoms with E-state index in [1.165, 1.54) is 0 Å². The molecule has 7 heteroatoms. The van der Waals surface area contributed by atoms with Crippen molar-refractivity contribution >= 4 is 23.4 Å². The minimum Gasteiger partial charge on any atom is -0.385 e. The molecule has 25 heavy (non-hydrogen) atoms. The molecule has 6 nitrogen and oxygen atoms in total. The van der Waals surface area contributed by atoms with Gasteiger partial charge >= 0.3 is 0 Å². The summed E-state index contributed by atoms with van der Waals surface area (Å²) in [6.45, 7) is 0. The second-order valence-corrected chi connectivity index (χ2v) is 7.00. The summed E-state index contributed by atoms with van der Waals surface area (Å²) in [7, 11) is 0. The number of allylic oxidation sites excluding steroid dienone is 4. The molecule has 0 bridgehead atoms. The smallest absolute Gasteiger partial charge is 0.113 e. The molecule has 0 aromatic carbocycles. The molecule has 0 aromatic rings. The third-order valence-corrected chi connectivity index (χ3v) is 5.20. The van der Waals surface area contributed by atoms with Crippen molar-refractivity contribution in [1.82, 2.24) is 10.6 Å². The number of fused-ring (bicyclic) bond motifs is 2. The van der Waals surface area contributed by atoms with E-state index < -0.39 is 0 Å². The Morgan fingerprint density at radius 2 is 1.28 bits per heavy atom. The first-order valence-electron chi connectivity index (χ1n) is 8.15. The Labute approximate surface area is 150 Å². The van der Waals surface area contributed by atoms with E-state index in [0.29, 0.717) is 11.6 Å². The topological polar surface area (TPSA) is 101 Å². The summed E-state index contributed by atoms with van der Waals surface area (Å²) in [6.07, 6.45) is 16.1. The summed E-state index contributed by atoms with van der Waals surface area (Å²) in [5, 5.41) is 6.39. The van der Waals surface area contributed by atoms with Crippen LogP contribution in [0.4, 0.5) is 0 Å². The molecule has 0 amide bonds. The van der Waals surface area contributed by atoms with E-state index in [-0.39, 0.29) is 12.1 Å². The summed E-state index contributed by atoms with van der Waals surface area (Å²) < 4.78 is 0. The molecule has 4 rings (SSSR count).